The molecule has 0 N–H and O–H groups in total. The molecule has 4 heteroatoms. The molecule has 0 spiro atoms. The van der Waals surface area contributed by atoms with Gasteiger partial charge in [0.05, 0.1) is 6.61 Å². The van der Waals surface area contributed by atoms with Crippen LogP contribution < -0.4 is 0 Å². The molecule has 2 rings (SSSR count). The molecule has 2 atom stereocenters. The SMILES string of the molecule is C=C1CO[C@H]2CCCC[C@@]12[N+](=O)[O-]. The summed E-state index contributed by atoms with van der Waals surface area (Å²) in [5.41, 5.74) is -0.291. The highest BCUT2D eigenvalue weighted by atomic mass is 16.6. The molecule has 0 aromatic heterocycles. The lowest BCUT2D eigenvalue weighted by Gasteiger charge is -2.30. The van der Waals surface area contributed by atoms with Gasteiger partial charge in [-0.2, -0.15) is 0 Å². The first-order chi connectivity index (χ1) is 6.18. The van der Waals surface area contributed by atoms with E-state index >= 15 is 0 Å². The lowest BCUT2D eigenvalue weighted by atomic mass is 9.77. The third kappa shape index (κ3) is 1.01. The summed E-state index contributed by atoms with van der Waals surface area (Å²) in [6.45, 7) is 4.13. The molecule has 0 aromatic rings. The zero-order valence-corrected chi connectivity index (χ0v) is 7.49. The second kappa shape index (κ2) is 2.80. The van der Waals surface area contributed by atoms with Gasteiger partial charge < -0.3 is 4.74 Å². The van der Waals surface area contributed by atoms with Crippen molar-refractivity contribution in [2.24, 2.45) is 0 Å². The van der Waals surface area contributed by atoms with Crippen LogP contribution in [0.2, 0.25) is 0 Å². The Hall–Kier alpha value is -0.900. The Morgan fingerprint density at radius 3 is 3.00 bits per heavy atom. The zero-order chi connectivity index (χ0) is 9.47. The number of nitrogens with zero attached hydrogens (tertiary/aromatic N) is 1. The summed E-state index contributed by atoms with van der Waals surface area (Å²) in [4.78, 5) is 10.8. The monoisotopic (exact) mass is 183 g/mol. The minimum atomic E-state index is -0.946. The van der Waals surface area contributed by atoms with E-state index in [0.717, 1.165) is 19.3 Å². The van der Waals surface area contributed by atoms with Gasteiger partial charge in [-0.25, -0.2) is 0 Å². The van der Waals surface area contributed by atoms with Crippen LogP contribution >= 0.6 is 0 Å². The molecule has 0 aromatic carbocycles. The molecule has 0 amide bonds. The van der Waals surface area contributed by atoms with E-state index in [2.05, 4.69) is 6.58 Å². The van der Waals surface area contributed by atoms with Crippen LogP contribution in [0.1, 0.15) is 25.7 Å². The van der Waals surface area contributed by atoms with Crippen molar-refractivity contribution < 1.29 is 9.66 Å². The predicted molar refractivity (Wildman–Crippen MR) is 47.1 cm³/mol. The lowest BCUT2D eigenvalue weighted by molar-refractivity contribution is -0.568. The first kappa shape index (κ1) is 8.69. The average molecular weight is 183 g/mol. The number of hydrogen-bond acceptors (Lipinski definition) is 3. The van der Waals surface area contributed by atoms with Crippen LogP contribution in [-0.4, -0.2) is 23.2 Å². The van der Waals surface area contributed by atoms with Crippen molar-refractivity contribution in [2.45, 2.75) is 37.3 Å². The number of hydrogen-bond donors (Lipinski definition) is 0. The van der Waals surface area contributed by atoms with Crippen molar-refractivity contribution in [3.05, 3.63) is 22.3 Å². The third-order valence-electron chi connectivity index (χ3n) is 3.20. The van der Waals surface area contributed by atoms with Gasteiger partial charge in [-0.05, 0) is 12.8 Å². The van der Waals surface area contributed by atoms with E-state index in [9.17, 15) is 10.1 Å². The molecule has 0 unspecified atom stereocenters. The maximum absolute atomic E-state index is 11.0. The second-order valence-corrected chi connectivity index (χ2v) is 3.83. The standard InChI is InChI=1S/C9H13NO3/c1-7-6-13-8-4-2-3-5-9(7,8)10(11)12/h8H,1-6H2/t8-,9+/m0/s1. The first-order valence-corrected chi connectivity index (χ1v) is 4.62. The van der Waals surface area contributed by atoms with Gasteiger partial charge >= 0.3 is 0 Å². The molecule has 0 radical (unpaired) electrons. The highest BCUT2D eigenvalue weighted by Crippen LogP contribution is 2.42. The van der Waals surface area contributed by atoms with Gasteiger partial charge in [-0.3, -0.25) is 10.1 Å². The molecule has 0 bridgehead atoms. The van der Waals surface area contributed by atoms with Crippen molar-refractivity contribution in [2.75, 3.05) is 6.61 Å². The van der Waals surface area contributed by atoms with E-state index in [0.29, 0.717) is 18.6 Å². The van der Waals surface area contributed by atoms with Crippen molar-refractivity contribution >= 4 is 0 Å². The Balaban J connectivity index is 2.36. The third-order valence-corrected chi connectivity index (χ3v) is 3.20. The number of nitro groups is 1. The van der Waals surface area contributed by atoms with Crippen LogP contribution in [0.5, 0.6) is 0 Å². The number of fused-ring (bicyclic) bond motifs is 1. The number of ether oxygens (including phenoxy) is 1. The van der Waals surface area contributed by atoms with E-state index in [1.165, 1.54) is 0 Å². The van der Waals surface area contributed by atoms with Crippen LogP contribution in [-0.2, 0) is 4.74 Å². The molecule has 13 heavy (non-hydrogen) atoms. The maximum atomic E-state index is 11.0. The molecule has 2 fully saturated rings. The summed E-state index contributed by atoms with van der Waals surface area (Å²) in [6, 6.07) is 0. The molecule has 72 valence electrons. The Labute approximate surface area is 76.7 Å². The largest absolute Gasteiger partial charge is 0.366 e. The van der Waals surface area contributed by atoms with E-state index in [4.69, 9.17) is 4.74 Å². The van der Waals surface area contributed by atoms with E-state index in [1.54, 1.807) is 0 Å². The van der Waals surface area contributed by atoms with E-state index < -0.39 is 5.54 Å². The highest BCUT2D eigenvalue weighted by molar-refractivity contribution is 5.22. The molecule has 1 saturated heterocycles. The van der Waals surface area contributed by atoms with Crippen LogP contribution in [0.4, 0.5) is 0 Å². The molecular formula is C9H13NO3. The Morgan fingerprint density at radius 1 is 1.62 bits per heavy atom. The first-order valence-electron chi connectivity index (χ1n) is 4.62. The molecular weight excluding hydrogens is 170 g/mol. The summed E-state index contributed by atoms with van der Waals surface area (Å²) >= 11 is 0. The summed E-state index contributed by atoms with van der Waals surface area (Å²) in [7, 11) is 0. The quantitative estimate of drug-likeness (QED) is 0.352. The van der Waals surface area contributed by atoms with Gasteiger partial charge in [-0.1, -0.05) is 13.0 Å². The fraction of sp³-hybridized carbons (Fsp3) is 0.778. The lowest BCUT2D eigenvalue weighted by Crippen LogP contribution is -2.49. The van der Waals surface area contributed by atoms with Crippen molar-refractivity contribution in [3.63, 3.8) is 0 Å². The molecule has 1 aliphatic carbocycles. The normalized spacial score (nSPS) is 38.8. The minimum absolute atomic E-state index is 0.188. The smallest absolute Gasteiger partial charge is 0.270 e. The maximum Gasteiger partial charge on any atom is 0.270 e. The van der Waals surface area contributed by atoms with Gasteiger partial charge in [0.15, 0.2) is 0 Å². The molecule has 2 aliphatic rings. The topological polar surface area (TPSA) is 52.4 Å². The Bertz CT molecular complexity index is 264. The average Bonchev–Trinajstić information content (AvgIpc) is 2.46. The fourth-order valence-corrected chi connectivity index (χ4v) is 2.41. The van der Waals surface area contributed by atoms with Gasteiger partial charge in [0.1, 0.15) is 6.10 Å². The van der Waals surface area contributed by atoms with Gasteiger partial charge in [0.25, 0.3) is 5.54 Å². The van der Waals surface area contributed by atoms with Crippen LogP contribution in [0.15, 0.2) is 12.2 Å². The summed E-state index contributed by atoms with van der Waals surface area (Å²) < 4.78 is 5.39. The van der Waals surface area contributed by atoms with Crippen LogP contribution in [0.3, 0.4) is 0 Å². The minimum Gasteiger partial charge on any atom is -0.366 e. The van der Waals surface area contributed by atoms with Gasteiger partial charge in [-0.15, -0.1) is 0 Å². The van der Waals surface area contributed by atoms with Crippen molar-refractivity contribution in [1.29, 1.82) is 0 Å². The van der Waals surface area contributed by atoms with Crippen LogP contribution in [0, 0.1) is 10.1 Å². The zero-order valence-electron chi connectivity index (χ0n) is 7.49. The summed E-state index contributed by atoms with van der Waals surface area (Å²) in [5, 5.41) is 11.0. The predicted octanol–water partition coefficient (Wildman–Crippen LogP) is 1.53. The van der Waals surface area contributed by atoms with Gasteiger partial charge in [0, 0.05) is 16.9 Å². The number of rotatable bonds is 1. The summed E-state index contributed by atoms with van der Waals surface area (Å²) in [6.07, 6.45) is 3.14. The molecule has 1 saturated carbocycles. The van der Waals surface area contributed by atoms with Gasteiger partial charge in [0.2, 0.25) is 0 Å². The van der Waals surface area contributed by atoms with Crippen molar-refractivity contribution in [1.82, 2.24) is 0 Å². The fourth-order valence-electron chi connectivity index (χ4n) is 2.41. The van der Waals surface area contributed by atoms with Crippen LogP contribution in [0.25, 0.3) is 0 Å². The highest BCUT2D eigenvalue weighted by Gasteiger charge is 2.58. The summed E-state index contributed by atoms with van der Waals surface area (Å²) in [5.74, 6) is 0. The molecule has 4 nitrogen and oxygen atoms in total. The van der Waals surface area contributed by atoms with E-state index in [-0.39, 0.29) is 11.0 Å². The Kier molecular flexibility index (Phi) is 1.87. The van der Waals surface area contributed by atoms with E-state index in [1.807, 2.05) is 0 Å². The molecule has 1 aliphatic heterocycles. The van der Waals surface area contributed by atoms with Crippen molar-refractivity contribution in [3.8, 4) is 0 Å². The molecule has 1 heterocycles. The second-order valence-electron chi connectivity index (χ2n) is 3.83. The Morgan fingerprint density at radius 2 is 2.38 bits per heavy atom.